The van der Waals surface area contributed by atoms with Gasteiger partial charge in [0.2, 0.25) is 0 Å². The number of hydrogen-bond donors (Lipinski definition) is 3. The van der Waals surface area contributed by atoms with Gasteiger partial charge >= 0.3 is 0 Å². The highest BCUT2D eigenvalue weighted by Crippen LogP contribution is 2.21. The quantitative estimate of drug-likeness (QED) is 0.778. The smallest absolute Gasteiger partial charge is 0.272 e. The third kappa shape index (κ3) is 2.42. The number of nitrogen functional groups attached to an aromatic ring is 1. The Kier molecular flexibility index (Phi) is 3.18. The van der Waals surface area contributed by atoms with E-state index in [9.17, 15) is 9.18 Å². The van der Waals surface area contributed by atoms with Crippen molar-refractivity contribution in [1.29, 1.82) is 0 Å². The number of nitrogens with one attached hydrogen (secondary N) is 2. The first-order chi connectivity index (χ1) is 8.60. The number of hydrogen-bond acceptors (Lipinski definition) is 3. The van der Waals surface area contributed by atoms with Crippen LogP contribution in [0, 0.1) is 5.82 Å². The van der Waals surface area contributed by atoms with Crippen molar-refractivity contribution >= 4 is 17.3 Å². The number of carbonyl (C=O) groups is 1. The number of nitrogens with two attached hydrogens (primary N) is 1. The number of halogens is 1. The summed E-state index contributed by atoms with van der Waals surface area (Å²) in [4.78, 5) is 14.5. The Morgan fingerprint density at radius 2 is 2.22 bits per heavy atom. The standard InChI is InChI=1S/C12H12FN3O2/c1-18-11-5-8(2-3-9(11)13)16-12(17)10-4-7(14)6-15-10/h2-6,15H,14H2,1H3,(H,16,17). The first-order valence-corrected chi connectivity index (χ1v) is 5.19. The number of methoxy groups -OCH3 is 1. The average Bonchev–Trinajstić information content (AvgIpc) is 2.78. The molecule has 5 nitrogen and oxygen atoms in total. The van der Waals surface area contributed by atoms with Crippen LogP contribution >= 0.6 is 0 Å². The molecule has 1 heterocycles. The fourth-order valence-corrected chi connectivity index (χ4v) is 1.48. The minimum atomic E-state index is -0.486. The second-order valence-corrected chi connectivity index (χ2v) is 3.65. The third-order valence-electron chi connectivity index (χ3n) is 2.36. The number of anilines is 2. The summed E-state index contributed by atoms with van der Waals surface area (Å²) in [6.07, 6.45) is 1.51. The number of carbonyl (C=O) groups excluding carboxylic acids is 1. The van der Waals surface area contributed by atoms with E-state index in [-0.39, 0.29) is 11.7 Å². The molecule has 0 unspecified atom stereocenters. The predicted octanol–water partition coefficient (Wildman–Crippen LogP) is 2.00. The van der Waals surface area contributed by atoms with Crippen LogP contribution in [0.3, 0.4) is 0 Å². The molecule has 0 spiro atoms. The molecule has 0 radical (unpaired) electrons. The van der Waals surface area contributed by atoms with Crippen LogP contribution in [0.25, 0.3) is 0 Å². The molecular formula is C12H12FN3O2. The molecule has 4 N–H and O–H groups in total. The van der Waals surface area contributed by atoms with Gasteiger partial charge in [-0.15, -0.1) is 0 Å². The Morgan fingerprint density at radius 3 is 2.83 bits per heavy atom. The molecule has 0 bridgehead atoms. The summed E-state index contributed by atoms with van der Waals surface area (Å²) < 4.78 is 18.0. The van der Waals surface area contributed by atoms with Gasteiger partial charge in [-0.1, -0.05) is 0 Å². The minimum Gasteiger partial charge on any atom is -0.494 e. The molecule has 0 aliphatic rings. The summed E-state index contributed by atoms with van der Waals surface area (Å²) in [5.41, 5.74) is 6.73. The van der Waals surface area contributed by atoms with Crippen LogP contribution in [-0.2, 0) is 0 Å². The number of benzene rings is 1. The normalized spacial score (nSPS) is 10.1. The fourth-order valence-electron chi connectivity index (χ4n) is 1.48. The molecule has 6 heteroatoms. The monoisotopic (exact) mass is 249 g/mol. The van der Waals surface area contributed by atoms with Crippen molar-refractivity contribution in [3.8, 4) is 5.75 Å². The number of amides is 1. The predicted molar refractivity (Wildman–Crippen MR) is 66.1 cm³/mol. The van der Waals surface area contributed by atoms with Crippen molar-refractivity contribution in [1.82, 2.24) is 4.98 Å². The first kappa shape index (κ1) is 12.0. The molecule has 0 atom stereocenters. The molecule has 0 aliphatic heterocycles. The lowest BCUT2D eigenvalue weighted by Crippen LogP contribution is -2.12. The van der Waals surface area contributed by atoms with Crippen LogP contribution in [-0.4, -0.2) is 18.0 Å². The molecular weight excluding hydrogens is 237 g/mol. The summed E-state index contributed by atoms with van der Waals surface area (Å²) in [6, 6.07) is 5.58. The van der Waals surface area contributed by atoms with E-state index in [0.717, 1.165) is 0 Å². The van der Waals surface area contributed by atoms with Crippen molar-refractivity contribution in [2.45, 2.75) is 0 Å². The zero-order chi connectivity index (χ0) is 13.1. The van der Waals surface area contributed by atoms with Gasteiger partial charge in [0.05, 0.1) is 7.11 Å². The van der Waals surface area contributed by atoms with Crippen molar-refractivity contribution < 1.29 is 13.9 Å². The Morgan fingerprint density at radius 1 is 1.44 bits per heavy atom. The zero-order valence-electron chi connectivity index (χ0n) is 9.66. The molecule has 0 saturated carbocycles. The second-order valence-electron chi connectivity index (χ2n) is 3.65. The van der Waals surface area contributed by atoms with Gasteiger partial charge in [-0.3, -0.25) is 4.79 Å². The highest BCUT2D eigenvalue weighted by atomic mass is 19.1. The minimum absolute atomic E-state index is 0.0683. The molecule has 18 heavy (non-hydrogen) atoms. The Balaban J connectivity index is 2.16. The number of rotatable bonds is 3. The second kappa shape index (κ2) is 4.79. The molecule has 2 aromatic rings. The summed E-state index contributed by atoms with van der Waals surface area (Å²) in [5, 5.41) is 2.60. The van der Waals surface area contributed by atoms with E-state index < -0.39 is 5.82 Å². The van der Waals surface area contributed by atoms with Crippen molar-refractivity contribution in [3.63, 3.8) is 0 Å². The Hall–Kier alpha value is -2.50. The van der Waals surface area contributed by atoms with Crippen LogP contribution < -0.4 is 15.8 Å². The molecule has 0 fully saturated rings. The molecule has 94 valence electrons. The molecule has 1 amide bonds. The highest BCUT2D eigenvalue weighted by Gasteiger charge is 2.10. The third-order valence-corrected chi connectivity index (χ3v) is 2.36. The van der Waals surface area contributed by atoms with Crippen LogP contribution in [0.15, 0.2) is 30.5 Å². The average molecular weight is 249 g/mol. The Bertz CT molecular complexity index is 580. The van der Waals surface area contributed by atoms with E-state index in [1.807, 2.05) is 0 Å². The van der Waals surface area contributed by atoms with Gasteiger partial charge in [-0.2, -0.15) is 0 Å². The molecule has 2 rings (SSSR count). The molecule has 1 aromatic carbocycles. The van der Waals surface area contributed by atoms with Gasteiger partial charge in [-0.25, -0.2) is 4.39 Å². The van der Waals surface area contributed by atoms with E-state index in [4.69, 9.17) is 10.5 Å². The van der Waals surface area contributed by atoms with E-state index in [1.54, 1.807) is 0 Å². The van der Waals surface area contributed by atoms with Crippen LogP contribution in [0.4, 0.5) is 15.8 Å². The van der Waals surface area contributed by atoms with E-state index in [1.165, 1.54) is 37.6 Å². The van der Waals surface area contributed by atoms with Crippen molar-refractivity contribution in [2.24, 2.45) is 0 Å². The number of ether oxygens (including phenoxy) is 1. The van der Waals surface area contributed by atoms with Gasteiger partial charge < -0.3 is 20.8 Å². The van der Waals surface area contributed by atoms with Crippen LogP contribution in [0.5, 0.6) is 5.75 Å². The summed E-state index contributed by atoms with van der Waals surface area (Å²) in [7, 11) is 1.36. The van der Waals surface area contributed by atoms with Gasteiger partial charge in [0.25, 0.3) is 5.91 Å². The first-order valence-electron chi connectivity index (χ1n) is 5.19. The summed E-state index contributed by atoms with van der Waals surface area (Å²) >= 11 is 0. The maximum atomic E-state index is 13.2. The number of H-pyrrole nitrogens is 1. The molecule has 0 aliphatic carbocycles. The van der Waals surface area contributed by atoms with E-state index in [0.29, 0.717) is 17.1 Å². The largest absolute Gasteiger partial charge is 0.494 e. The van der Waals surface area contributed by atoms with Gasteiger partial charge in [0.1, 0.15) is 5.69 Å². The van der Waals surface area contributed by atoms with E-state index >= 15 is 0 Å². The number of aromatic amines is 1. The maximum Gasteiger partial charge on any atom is 0.272 e. The van der Waals surface area contributed by atoms with Gasteiger partial charge in [0, 0.05) is 23.6 Å². The maximum absolute atomic E-state index is 13.2. The number of aromatic nitrogens is 1. The fraction of sp³-hybridized carbons (Fsp3) is 0.0833. The SMILES string of the molecule is COc1cc(NC(=O)c2cc(N)c[nH]2)ccc1F. The lowest BCUT2D eigenvalue weighted by molar-refractivity contribution is 0.102. The van der Waals surface area contributed by atoms with Crippen molar-refractivity contribution in [3.05, 3.63) is 42.0 Å². The topological polar surface area (TPSA) is 80.1 Å². The lowest BCUT2D eigenvalue weighted by Gasteiger charge is -2.06. The van der Waals surface area contributed by atoms with Crippen LogP contribution in [0.1, 0.15) is 10.5 Å². The van der Waals surface area contributed by atoms with Gasteiger partial charge in [0.15, 0.2) is 11.6 Å². The van der Waals surface area contributed by atoms with Crippen LogP contribution in [0.2, 0.25) is 0 Å². The van der Waals surface area contributed by atoms with Crippen molar-refractivity contribution in [2.75, 3.05) is 18.2 Å². The Labute approximate surface area is 103 Å². The zero-order valence-corrected chi connectivity index (χ0v) is 9.66. The summed E-state index contributed by atoms with van der Waals surface area (Å²) in [5.74, 6) is -0.779. The highest BCUT2D eigenvalue weighted by molar-refractivity contribution is 6.03. The molecule has 1 aromatic heterocycles. The summed E-state index contributed by atoms with van der Waals surface area (Å²) in [6.45, 7) is 0. The van der Waals surface area contributed by atoms with E-state index in [2.05, 4.69) is 10.3 Å². The van der Waals surface area contributed by atoms with Gasteiger partial charge in [-0.05, 0) is 18.2 Å². The molecule has 0 saturated heterocycles. The lowest BCUT2D eigenvalue weighted by atomic mass is 10.2.